The number of phenolic OH excluding ortho intramolecular Hbond substituents is 1. The Morgan fingerprint density at radius 1 is 1.06 bits per heavy atom. The summed E-state index contributed by atoms with van der Waals surface area (Å²) < 4.78 is 34.6. The highest BCUT2D eigenvalue weighted by Gasteiger charge is 2.27. The second kappa shape index (κ2) is 9.16. The van der Waals surface area contributed by atoms with Crippen LogP contribution < -0.4 is 4.74 Å². The van der Waals surface area contributed by atoms with Crippen LogP contribution >= 0.6 is 11.3 Å². The topological polar surface area (TPSA) is 49.8 Å². The minimum absolute atomic E-state index is 0.0553. The van der Waals surface area contributed by atoms with Crippen LogP contribution in [0.5, 0.6) is 11.5 Å². The standard InChI is InChI=1S/C27H23F2NO3S/c1-2-9-30-14-22(15-30)33-21-6-3-16(4-7-21)26(32)25-23-8-5-20(31)13-24(23)34-27(25)17-10-18(28)12-19(29)11-17/h3-8,10-13,22,31H,2,9,14-15H2,1H3. The third-order valence-electron chi connectivity index (χ3n) is 5.91. The summed E-state index contributed by atoms with van der Waals surface area (Å²) in [7, 11) is 0. The van der Waals surface area contributed by atoms with Gasteiger partial charge in [0, 0.05) is 45.2 Å². The van der Waals surface area contributed by atoms with Crippen LogP contribution in [0.3, 0.4) is 0 Å². The number of benzene rings is 3. The molecule has 5 rings (SSSR count). The maximum absolute atomic E-state index is 14.0. The van der Waals surface area contributed by atoms with E-state index in [9.17, 15) is 18.7 Å². The molecule has 4 aromatic rings. The first-order valence-corrected chi connectivity index (χ1v) is 12.0. The highest BCUT2D eigenvalue weighted by Crippen LogP contribution is 2.41. The summed E-state index contributed by atoms with van der Waals surface area (Å²) in [6.07, 6.45) is 1.26. The fraction of sp³-hybridized carbons (Fsp3) is 0.222. The van der Waals surface area contributed by atoms with Gasteiger partial charge in [-0.15, -0.1) is 11.3 Å². The zero-order valence-electron chi connectivity index (χ0n) is 18.6. The molecule has 0 amide bonds. The fourth-order valence-corrected chi connectivity index (χ4v) is 5.54. The molecule has 0 atom stereocenters. The molecule has 1 N–H and O–H groups in total. The normalized spacial score (nSPS) is 14.3. The summed E-state index contributed by atoms with van der Waals surface area (Å²) in [6.45, 7) is 5.02. The lowest BCUT2D eigenvalue weighted by Crippen LogP contribution is -2.53. The summed E-state index contributed by atoms with van der Waals surface area (Å²) in [5, 5.41) is 10.5. The van der Waals surface area contributed by atoms with Crippen LogP contribution in [0.1, 0.15) is 29.3 Å². The first-order chi connectivity index (χ1) is 16.4. The first-order valence-electron chi connectivity index (χ1n) is 11.2. The van der Waals surface area contributed by atoms with Gasteiger partial charge in [0.2, 0.25) is 0 Å². The Morgan fingerprint density at radius 2 is 1.76 bits per heavy atom. The Labute approximate surface area is 200 Å². The summed E-state index contributed by atoms with van der Waals surface area (Å²) in [5.41, 5.74) is 1.08. The highest BCUT2D eigenvalue weighted by atomic mass is 32.1. The molecule has 1 aromatic heterocycles. The smallest absolute Gasteiger partial charge is 0.195 e. The van der Waals surface area contributed by atoms with E-state index in [1.165, 1.54) is 29.5 Å². The second-order valence-electron chi connectivity index (χ2n) is 8.50. The van der Waals surface area contributed by atoms with E-state index in [1.807, 2.05) is 0 Å². The van der Waals surface area contributed by atoms with Crippen molar-refractivity contribution in [2.24, 2.45) is 0 Å². The molecule has 0 radical (unpaired) electrons. The van der Waals surface area contributed by atoms with Crippen molar-refractivity contribution in [2.45, 2.75) is 19.4 Å². The molecule has 1 fully saturated rings. The molecule has 0 spiro atoms. The van der Waals surface area contributed by atoms with Crippen molar-refractivity contribution in [2.75, 3.05) is 19.6 Å². The molecule has 34 heavy (non-hydrogen) atoms. The minimum atomic E-state index is -0.719. The third kappa shape index (κ3) is 4.41. The number of thiophene rings is 1. The third-order valence-corrected chi connectivity index (χ3v) is 7.11. The number of rotatable bonds is 7. The second-order valence-corrected chi connectivity index (χ2v) is 9.55. The van der Waals surface area contributed by atoms with Crippen molar-refractivity contribution < 1.29 is 23.4 Å². The summed E-state index contributed by atoms with van der Waals surface area (Å²) in [6, 6.07) is 14.9. The van der Waals surface area contributed by atoms with Crippen LogP contribution in [0, 0.1) is 11.6 Å². The molecule has 1 aliphatic heterocycles. The lowest BCUT2D eigenvalue weighted by molar-refractivity contribution is 0.0202. The van der Waals surface area contributed by atoms with Gasteiger partial charge in [0.05, 0.1) is 0 Å². The Hall–Kier alpha value is -3.29. The van der Waals surface area contributed by atoms with E-state index >= 15 is 0 Å². The number of ether oxygens (including phenoxy) is 1. The van der Waals surface area contributed by atoms with E-state index in [4.69, 9.17) is 4.74 Å². The van der Waals surface area contributed by atoms with Crippen LogP contribution in [-0.2, 0) is 0 Å². The Kier molecular flexibility index (Phi) is 6.06. The Morgan fingerprint density at radius 3 is 2.44 bits per heavy atom. The van der Waals surface area contributed by atoms with E-state index in [1.54, 1.807) is 36.4 Å². The minimum Gasteiger partial charge on any atom is -0.508 e. The molecule has 3 aromatic carbocycles. The number of halogens is 2. The summed E-state index contributed by atoms with van der Waals surface area (Å²) in [5.74, 6) is -0.946. The van der Waals surface area contributed by atoms with Gasteiger partial charge in [0.1, 0.15) is 29.2 Å². The fourth-order valence-electron chi connectivity index (χ4n) is 4.32. The predicted octanol–water partition coefficient (Wildman–Crippen LogP) is 6.26. The van der Waals surface area contributed by atoms with Gasteiger partial charge in [-0.1, -0.05) is 6.92 Å². The van der Waals surface area contributed by atoms with Crippen molar-refractivity contribution in [1.82, 2.24) is 4.90 Å². The van der Waals surface area contributed by atoms with Crippen molar-refractivity contribution in [1.29, 1.82) is 0 Å². The molecule has 0 saturated carbocycles. The van der Waals surface area contributed by atoms with E-state index in [2.05, 4.69) is 11.8 Å². The van der Waals surface area contributed by atoms with Gasteiger partial charge in [-0.2, -0.15) is 0 Å². The van der Waals surface area contributed by atoms with Crippen LogP contribution in [-0.4, -0.2) is 41.5 Å². The predicted molar refractivity (Wildman–Crippen MR) is 130 cm³/mol. The van der Waals surface area contributed by atoms with Crippen LogP contribution in [0.15, 0.2) is 60.7 Å². The van der Waals surface area contributed by atoms with E-state index in [-0.39, 0.29) is 23.2 Å². The van der Waals surface area contributed by atoms with Gasteiger partial charge in [-0.05, 0) is 73.1 Å². The number of hydrogen-bond donors (Lipinski definition) is 1. The van der Waals surface area contributed by atoms with Gasteiger partial charge >= 0.3 is 0 Å². The van der Waals surface area contributed by atoms with Crippen LogP contribution in [0.4, 0.5) is 8.78 Å². The number of hydrogen-bond acceptors (Lipinski definition) is 5. The van der Waals surface area contributed by atoms with Gasteiger partial charge < -0.3 is 9.84 Å². The molecular weight excluding hydrogens is 456 g/mol. The number of ketones is 1. The number of aromatic hydroxyl groups is 1. The lowest BCUT2D eigenvalue weighted by Gasteiger charge is -2.38. The Balaban J connectivity index is 1.47. The monoisotopic (exact) mass is 479 g/mol. The largest absolute Gasteiger partial charge is 0.508 e. The molecule has 0 aliphatic carbocycles. The summed E-state index contributed by atoms with van der Waals surface area (Å²) >= 11 is 1.21. The molecule has 4 nitrogen and oxygen atoms in total. The highest BCUT2D eigenvalue weighted by molar-refractivity contribution is 7.22. The number of likely N-dealkylation sites (tertiary alicyclic amines) is 1. The van der Waals surface area contributed by atoms with E-state index in [0.29, 0.717) is 31.8 Å². The van der Waals surface area contributed by atoms with Crippen molar-refractivity contribution in [3.05, 3.63) is 83.4 Å². The quantitative estimate of drug-likeness (QED) is 0.318. The molecule has 7 heteroatoms. The number of fused-ring (bicyclic) bond motifs is 1. The molecule has 1 saturated heterocycles. The van der Waals surface area contributed by atoms with Crippen LogP contribution in [0.25, 0.3) is 20.5 Å². The average molecular weight is 480 g/mol. The van der Waals surface area contributed by atoms with Gasteiger partial charge in [0.25, 0.3) is 0 Å². The van der Waals surface area contributed by atoms with E-state index in [0.717, 1.165) is 32.1 Å². The van der Waals surface area contributed by atoms with Gasteiger partial charge in [0.15, 0.2) is 5.78 Å². The molecular formula is C27H23F2NO3S. The average Bonchev–Trinajstić information content (AvgIpc) is 3.15. The van der Waals surface area contributed by atoms with Crippen LogP contribution in [0.2, 0.25) is 0 Å². The lowest BCUT2D eigenvalue weighted by atomic mass is 9.97. The number of carbonyl (C=O) groups excluding carboxylic acids is 1. The van der Waals surface area contributed by atoms with Gasteiger partial charge in [-0.3, -0.25) is 9.69 Å². The van der Waals surface area contributed by atoms with E-state index < -0.39 is 11.6 Å². The zero-order chi connectivity index (χ0) is 23.8. The molecule has 174 valence electrons. The SMILES string of the molecule is CCCN1CC(Oc2ccc(C(=O)c3c(-c4cc(F)cc(F)c4)sc4cc(O)ccc34)cc2)C1. The number of phenols is 1. The van der Waals surface area contributed by atoms with Crippen molar-refractivity contribution >= 4 is 27.2 Å². The van der Waals surface area contributed by atoms with Crippen molar-refractivity contribution in [3.8, 4) is 21.9 Å². The van der Waals surface area contributed by atoms with Crippen molar-refractivity contribution in [3.63, 3.8) is 0 Å². The molecule has 1 aliphatic rings. The molecule has 0 bridgehead atoms. The summed E-state index contributed by atoms with van der Waals surface area (Å²) in [4.78, 5) is 16.4. The maximum Gasteiger partial charge on any atom is 0.195 e. The molecule has 0 unspecified atom stereocenters. The zero-order valence-corrected chi connectivity index (χ0v) is 19.4. The Bertz CT molecular complexity index is 1340. The number of carbonyl (C=O) groups is 1. The maximum atomic E-state index is 14.0. The van der Waals surface area contributed by atoms with Gasteiger partial charge in [-0.25, -0.2) is 8.78 Å². The molecule has 2 heterocycles. The first kappa shape index (κ1) is 22.5. The number of nitrogens with zero attached hydrogens (tertiary/aromatic N) is 1.